The largest absolute Gasteiger partial charge is 0.339 e. The van der Waals surface area contributed by atoms with Crippen LogP contribution in [0.5, 0.6) is 0 Å². The third-order valence-corrected chi connectivity index (χ3v) is 6.17. The number of nitrogens with zero attached hydrogens (tertiary/aromatic N) is 2. The van der Waals surface area contributed by atoms with E-state index in [1.54, 1.807) is 0 Å². The van der Waals surface area contributed by atoms with E-state index in [0.717, 1.165) is 12.8 Å². The Labute approximate surface area is 154 Å². The van der Waals surface area contributed by atoms with Gasteiger partial charge in [-0.3, -0.25) is 9.59 Å². The van der Waals surface area contributed by atoms with E-state index >= 15 is 0 Å². The lowest BCUT2D eigenvalue weighted by molar-refractivity contribution is -0.139. The second kappa shape index (κ2) is 7.34. The number of halogens is 1. The van der Waals surface area contributed by atoms with Gasteiger partial charge in [0.05, 0.1) is 5.92 Å². The highest BCUT2D eigenvalue weighted by Crippen LogP contribution is 2.48. The van der Waals surface area contributed by atoms with Crippen LogP contribution < -0.4 is 5.73 Å². The monoisotopic (exact) mass is 363 g/mol. The Morgan fingerprint density at radius 1 is 0.920 bits per heavy atom. The predicted octanol–water partition coefficient (Wildman–Crippen LogP) is 1.77. The zero-order valence-corrected chi connectivity index (χ0v) is 15.2. The van der Waals surface area contributed by atoms with Crippen LogP contribution in [0.4, 0.5) is 0 Å². The lowest BCUT2D eigenvalue weighted by Crippen LogP contribution is -2.54. The summed E-state index contributed by atoms with van der Waals surface area (Å²) in [5, 5.41) is 0. The summed E-state index contributed by atoms with van der Waals surface area (Å²) < 4.78 is 0. The summed E-state index contributed by atoms with van der Waals surface area (Å²) in [4.78, 5) is 29.2. The van der Waals surface area contributed by atoms with E-state index in [1.165, 1.54) is 6.42 Å². The maximum atomic E-state index is 12.9. The lowest BCUT2D eigenvalue weighted by Gasteiger charge is -2.38. The van der Waals surface area contributed by atoms with Crippen LogP contribution in [0.15, 0.2) is 30.3 Å². The molecule has 6 heteroatoms. The van der Waals surface area contributed by atoms with E-state index in [4.69, 9.17) is 5.73 Å². The van der Waals surface area contributed by atoms with Gasteiger partial charge in [-0.25, -0.2) is 0 Å². The van der Waals surface area contributed by atoms with Gasteiger partial charge in [0.2, 0.25) is 5.91 Å². The molecule has 4 unspecified atom stereocenters. The molecule has 2 N–H and O–H groups in total. The number of carbonyl (C=O) groups is 2. The van der Waals surface area contributed by atoms with Gasteiger partial charge >= 0.3 is 0 Å². The summed E-state index contributed by atoms with van der Waals surface area (Å²) in [7, 11) is 0. The quantitative estimate of drug-likeness (QED) is 0.870. The van der Waals surface area contributed by atoms with Crippen LogP contribution in [0, 0.1) is 17.8 Å². The van der Waals surface area contributed by atoms with E-state index in [9.17, 15) is 9.59 Å². The topological polar surface area (TPSA) is 66.6 Å². The molecule has 25 heavy (non-hydrogen) atoms. The van der Waals surface area contributed by atoms with Crippen molar-refractivity contribution in [1.29, 1.82) is 0 Å². The molecule has 3 aliphatic rings. The minimum absolute atomic E-state index is 0. The molecule has 2 amide bonds. The van der Waals surface area contributed by atoms with Crippen molar-refractivity contribution in [2.24, 2.45) is 23.5 Å². The summed E-state index contributed by atoms with van der Waals surface area (Å²) in [6.45, 7) is 2.46. The minimum Gasteiger partial charge on any atom is -0.339 e. The molecule has 2 aliphatic carbocycles. The van der Waals surface area contributed by atoms with Crippen LogP contribution in [0.1, 0.15) is 29.6 Å². The Kier molecular flexibility index (Phi) is 5.35. The third-order valence-electron chi connectivity index (χ3n) is 6.17. The number of carbonyl (C=O) groups excluding carboxylic acids is 2. The van der Waals surface area contributed by atoms with E-state index < -0.39 is 0 Å². The number of fused-ring (bicyclic) bond motifs is 2. The van der Waals surface area contributed by atoms with Crippen molar-refractivity contribution < 1.29 is 9.59 Å². The molecule has 1 heterocycles. The molecule has 136 valence electrons. The summed E-state index contributed by atoms with van der Waals surface area (Å²) in [5.41, 5.74) is 7.03. The first kappa shape index (κ1) is 18.2. The molecule has 4 atom stereocenters. The minimum atomic E-state index is 0. The highest BCUT2D eigenvalue weighted by Gasteiger charge is 2.50. The van der Waals surface area contributed by atoms with E-state index in [-0.39, 0.29) is 36.2 Å². The smallest absolute Gasteiger partial charge is 0.253 e. The molecule has 1 aromatic rings. The van der Waals surface area contributed by atoms with Crippen molar-refractivity contribution in [1.82, 2.24) is 9.80 Å². The molecule has 1 aliphatic heterocycles. The van der Waals surface area contributed by atoms with Gasteiger partial charge in [-0.1, -0.05) is 18.2 Å². The second-order valence-electron chi connectivity index (χ2n) is 7.42. The van der Waals surface area contributed by atoms with Crippen LogP contribution in [0.3, 0.4) is 0 Å². The molecule has 2 saturated carbocycles. The van der Waals surface area contributed by atoms with Crippen LogP contribution in [0.2, 0.25) is 0 Å². The molecule has 4 rings (SSSR count). The standard InChI is InChI=1S/C19H25N3O2.ClH/c20-17-15-7-6-14(12-15)16(17)19(24)22-10-8-21(9-11-22)18(23)13-4-2-1-3-5-13;/h1-5,14-17H,6-12,20H2;1H. The van der Waals surface area contributed by atoms with Crippen LogP contribution in [-0.2, 0) is 4.79 Å². The first-order valence-corrected chi connectivity index (χ1v) is 9.04. The molecule has 1 saturated heterocycles. The lowest BCUT2D eigenvalue weighted by atomic mass is 9.84. The van der Waals surface area contributed by atoms with Crippen molar-refractivity contribution in [3.63, 3.8) is 0 Å². The SMILES string of the molecule is Cl.NC1C2CCC(C2)C1C(=O)N1CCN(C(=O)c2ccccc2)CC1. The van der Waals surface area contributed by atoms with E-state index in [0.29, 0.717) is 43.6 Å². The number of amides is 2. The molecular weight excluding hydrogens is 338 g/mol. The average Bonchev–Trinajstić information content (AvgIpc) is 3.23. The molecule has 0 radical (unpaired) electrons. The highest BCUT2D eigenvalue weighted by molar-refractivity contribution is 5.94. The van der Waals surface area contributed by atoms with Gasteiger partial charge < -0.3 is 15.5 Å². The van der Waals surface area contributed by atoms with Gasteiger partial charge in [0.15, 0.2) is 0 Å². The highest BCUT2D eigenvalue weighted by atomic mass is 35.5. The fourth-order valence-electron chi connectivity index (χ4n) is 4.81. The van der Waals surface area contributed by atoms with Gasteiger partial charge in [-0.15, -0.1) is 12.4 Å². The van der Waals surface area contributed by atoms with Gasteiger partial charge in [0.1, 0.15) is 0 Å². The molecule has 0 spiro atoms. The number of nitrogens with two attached hydrogens (primary N) is 1. The summed E-state index contributed by atoms with van der Waals surface area (Å²) in [5.74, 6) is 1.33. The molecule has 3 fully saturated rings. The van der Waals surface area contributed by atoms with Crippen molar-refractivity contribution >= 4 is 24.2 Å². The first-order chi connectivity index (χ1) is 11.6. The zero-order chi connectivity index (χ0) is 16.7. The molecule has 1 aromatic carbocycles. The van der Waals surface area contributed by atoms with Crippen LogP contribution in [0.25, 0.3) is 0 Å². The van der Waals surface area contributed by atoms with Crippen molar-refractivity contribution in [2.75, 3.05) is 26.2 Å². The van der Waals surface area contributed by atoms with E-state index in [2.05, 4.69) is 0 Å². The Bertz CT molecular complexity index is 629. The van der Waals surface area contributed by atoms with Crippen molar-refractivity contribution in [3.8, 4) is 0 Å². The van der Waals surface area contributed by atoms with Gasteiger partial charge in [-0.05, 0) is 43.2 Å². The number of benzene rings is 1. The average molecular weight is 364 g/mol. The molecule has 2 bridgehead atoms. The summed E-state index contributed by atoms with van der Waals surface area (Å²) >= 11 is 0. The maximum absolute atomic E-state index is 12.9. The maximum Gasteiger partial charge on any atom is 0.253 e. The Morgan fingerprint density at radius 3 is 2.12 bits per heavy atom. The summed E-state index contributed by atoms with van der Waals surface area (Å²) in [6.07, 6.45) is 3.47. The summed E-state index contributed by atoms with van der Waals surface area (Å²) in [6, 6.07) is 9.39. The first-order valence-electron chi connectivity index (χ1n) is 9.04. The van der Waals surface area contributed by atoms with Crippen molar-refractivity contribution in [2.45, 2.75) is 25.3 Å². The van der Waals surface area contributed by atoms with Gasteiger partial charge in [0.25, 0.3) is 5.91 Å². The number of piperazine rings is 1. The van der Waals surface area contributed by atoms with E-state index in [1.807, 2.05) is 40.1 Å². The normalized spacial score (nSPS) is 30.9. The molecule has 5 nitrogen and oxygen atoms in total. The molecule has 0 aromatic heterocycles. The van der Waals surface area contributed by atoms with Crippen LogP contribution in [-0.4, -0.2) is 53.8 Å². The van der Waals surface area contributed by atoms with Gasteiger partial charge in [-0.2, -0.15) is 0 Å². The Morgan fingerprint density at radius 2 is 1.52 bits per heavy atom. The second-order valence-corrected chi connectivity index (χ2v) is 7.42. The fraction of sp³-hybridized carbons (Fsp3) is 0.579. The third kappa shape index (κ3) is 3.27. The number of hydrogen-bond acceptors (Lipinski definition) is 3. The predicted molar refractivity (Wildman–Crippen MR) is 98.5 cm³/mol. The number of rotatable bonds is 2. The van der Waals surface area contributed by atoms with Gasteiger partial charge in [0, 0.05) is 37.8 Å². The zero-order valence-electron chi connectivity index (χ0n) is 14.3. The fourth-order valence-corrected chi connectivity index (χ4v) is 4.81. The number of hydrogen-bond donors (Lipinski definition) is 1. The Hall–Kier alpha value is -1.59. The van der Waals surface area contributed by atoms with Crippen LogP contribution >= 0.6 is 12.4 Å². The van der Waals surface area contributed by atoms with Crippen molar-refractivity contribution in [3.05, 3.63) is 35.9 Å². The Balaban J connectivity index is 0.00000182. The molecular formula is C19H26ClN3O2.